The number of hydrogen-bond donors (Lipinski definition) is 1. The van der Waals surface area contributed by atoms with Gasteiger partial charge >= 0.3 is 5.97 Å². The minimum atomic E-state index is -1.29. The van der Waals surface area contributed by atoms with E-state index in [0.717, 1.165) is 22.0 Å². The zero-order chi connectivity index (χ0) is 26.3. The first-order valence-corrected chi connectivity index (χ1v) is 11.9. The minimum Gasteiger partial charge on any atom is -0.462 e. The number of carbonyl (C=O) groups is 3. The fraction of sp³-hybridized carbons (Fsp3) is 0.259. The number of esters is 1. The van der Waals surface area contributed by atoms with Crippen molar-refractivity contribution >= 4 is 40.3 Å². The molecule has 0 saturated carbocycles. The Morgan fingerprint density at radius 2 is 2.00 bits per heavy atom. The summed E-state index contributed by atoms with van der Waals surface area (Å²) in [5.74, 6) is -0.640. The molecule has 2 amide bonds. The number of pyridine rings is 1. The smallest absolute Gasteiger partial charge is 0.343 e. The molecular weight excluding hydrogens is 472 g/mol. The van der Waals surface area contributed by atoms with Crippen molar-refractivity contribution in [1.82, 2.24) is 19.7 Å². The van der Waals surface area contributed by atoms with E-state index in [9.17, 15) is 14.4 Å². The van der Waals surface area contributed by atoms with E-state index in [-0.39, 0.29) is 24.4 Å². The lowest BCUT2D eigenvalue weighted by atomic mass is 9.91. The van der Waals surface area contributed by atoms with Crippen LogP contribution in [0.3, 0.4) is 0 Å². The number of aryl methyl sites for hydroxylation is 2. The molecular formula is C27H26N6O4. The number of aliphatic imine (C=N–C) groups is 1. The number of para-hydroxylation sites is 1. The third-order valence-electron chi connectivity index (χ3n) is 6.54. The molecule has 2 aliphatic heterocycles. The number of benzene rings is 1. The van der Waals surface area contributed by atoms with Crippen molar-refractivity contribution in [3.63, 3.8) is 0 Å². The normalized spacial score (nSPS) is 18.5. The zero-order valence-electron chi connectivity index (χ0n) is 21.0. The number of hydrogen-bond acceptors (Lipinski definition) is 7. The predicted molar refractivity (Wildman–Crippen MR) is 139 cm³/mol. The Kier molecular flexibility index (Phi) is 5.94. The SMILES string of the molecule is CCOC(=O)c1cnn(-c2cc(C)c3cccc(C)c3n2)c1NC(=O)C1(C)CC(=O)N=C2C=CC=CN21. The Hall–Kier alpha value is -4.60. The molecule has 1 N–H and O–H groups in total. The number of carbonyl (C=O) groups excluding carboxylic acids is 3. The molecule has 0 aliphatic carbocycles. The van der Waals surface area contributed by atoms with E-state index in [4.69, 9.17) is 9.72 Å². The highest BCUT2D eigenvalue weighted by molar-refractivity contribution is 6.12. The number of anilines is 1. The van der Waals surface area contributed by atoms with Gasteiger partial charge in [0, 0.05) is 11.6 Å². The molecule has 1 unspecified atom stereocenters. The molecule has 5 rings (SSSR count). The highest BCUT2D eigenvalue weighted by Gasteiger charge is 2.46. The van der Waals surface area contributed by atoms with Crippen molar-refractivity contribution in [1.29, 1.82) is 0 Å². The van der Waals surface area contributed by atoms with Gasteiger partial charge in [-0.1, -0.05) is 24.3 Å². The van der Waals surface area contributed by atoms with Gasteiger partial charge in [-0.05, 0) is 57.0 Å². The van der Waals surface area contributed by atoms with E-state index in [1.807, 2.05) is 38.1 Å². The highest BCUT2D eigenvalue weighted by Crippen LogP contribution is 2.31. The molecule has 188 valence electrons. The van der Waals surface area contributed by atoms with Crippen molar-refractivity contribution in [3.8, 4) is 5.82 Å². The van der Waals surface area contributed by atoms with Gasteiger partial charge in [0.15, 0.2) is 11.6 Å². The van der Waals surface area contributed by atoms with E-state index in [1.54, 1.807) is 43.2 Å². The standard InChI is InChI=1S/C27H26N6O4/c1-5-37-25(35)19-15-28-33(21-13-17(3)18-10-8-9-16(2)23(18)30-21)24(19)31-26(36)27(4)14-22(34)29-20-11-6-7-12-32(20)27/h6-13,15H,5,14H2,1-4H3,(H,31,36). The quantitative estimate of drug-likeness (QED) is 0.534. The van der Waals surface area contributed by atoms with Crippen LogP contribution in [0.5, 0.6) is 0 Å². The highest BCUT2D eigenvalue weighted by atomic mass is 16.5. The van der Waals surface area contributed by atoms with Crippen LogP contribution in [0.15, 0.2) is 59.9 Å². The maximum Gasteiger partial charge on any atom is 0.343 e. The summed E-state index contributed by atoms with van der Waals surface area (Å²) in [6.45, 7) is 7.44. The number of amidine groups is 1. The Bertz CT molecular complexity index is 1550. The molecule has 0 fully saturated rings. The molecule has 10 nitrogen and oxygen atoms in total. The number of nitrogens with one attached hydrogen (secondary N) is 1. The van der Waals surface area contributed by atoms with E-state index in [1.165, 1.54) is 10.9 Å². The fourth-order valence-corrected chi connectivity index (χ4v) is 4.57. The first-order chi connectivity index (χ1) is 17.7. The molecule has 0 spiro atoms. The van der Waals surface area contributed by atoms with Crippen molar-refractivity contribution < 1.29 is 19.1 Å². The fourth-order valence-electron chi connectivity index (χ4n) is 4.57. The lowest BCUT2D eigenvalue weighted by Crippen LogP contribution is -2.58. The third-order valence-corrected chi connectivity index (χ3v) is 6.54. The molecule has 4 heterocycles. The molecule has 0 saturated heterocycles. The number of aromatic nitrogens is 3. The van der Waals surface area contributed by atoms with Gasteiger partial charge in [0.05, 0.1) is 24.7 Å². The summed E-state index contributed by atoms with van der Waals surface area (Å²) in [6, 6.07) is 7.77. The van der Waals surface area contributed by atoms with Crippen LogP contribution in [-0.4, -0.2) is 55.4 Å². The monoisotopic (exact) mass is 498 g/mol. The molecule has 1 aromatic carbocycles. The summed E-state index contributed by atoms with van der Waals surface area (Å²) in [6.07, 6.45) is 8.08. The molecule has 2 aliphatic rings. The van der Waals surface area contributed by atoms with Crippen LogP contribution in [0.4, 0.5) is 5.82 Å². The number of amides is 2. The summed E-state index contributed by atoms with van der Waals surface area (Å²) in [5, 5.41) is 8.25. The largest absolute Gasteiger partial charge is 0.462 e. The van der Waals surface area contributed by atoms with Crippen LogP contribution in [-0.2, 0) is 14.3 Å². The Labute approximate surface area is 213 Å². The van der Waals surface area contributed by atoms with Crippen LogP contribution < -0.4 is 5.32 Å². The molecule has 10 heteroatoms. The zero-order valence-corrected chi connectivity index (χ0v) is 21.0. The second-order valence-electron chi connectivity index (χ2n) is 9.15. The summed E-state index contributed by atoms with van der Waals surface area (Å²) in [4.78, 5) is 49.5. The van der Waals surface area contributed by atoms with E-state index in [2.05, 4.69) is 15.4 Å². The van der Waals surface area contributed by atoms with Crippen LogP contribution in [0.25, 0.3) is 16.7 Å². The van der Waals surface area contributed by atoms with Gasteiger partial charge in [0.2, 0.25) is 0 Å². The number of rotatable bonds is 5. The molecule has 3 aromatic rings. The van der Waals surface area contributed by atoms with Gasteiger partial charge in [0.1, 0.15) is 16.9 Å². The third kappa shape index (κ3) is 4.10. The number of nitrogens with zero attached hydrogens (tertiary/aromatic N) is 5. The first kappa shape index (κ1) is 24.1. The molecule has 37 heavy (non-hydrogen) atoms. The second-order valence-corrected chi connectivity index (χ2v) is 9.15. The molecule has 0 bridgehead atoms. The van der Waals surface area contributed by atoms with Crippen LogP contribution >= 0.6 is 0 Å². The van der Waals surface area contributed by atoms with E-state index >= 15 is 0 Å². The average molecular weight is 499 g/mol. The average Bonchev–Trinajstić information content (AvgIpc) is 3.28. The van der Waals surface area contributed by atoms with Gasteiger partial charge in [-0.25, -0.2) is 9.78 Å². The maximum absolute atomic E-state index is 13.8. The number of ether oxygens (including phenoxy) is 1. The van der Waals surface area contributed by atoms with Gasteiger partial charge < -0.3 is 15.0 Å². The van der Waals surface area contributed by atoms with Crippen molar-refractivity contribution in [2.24, 2.45) is 4.99 Å². The Morgan fingerprint density at radius 3 is 2.78 bits per heavy atom. The second kappa shape index (κ2) is 9.12. The first-order valence-electron chi connectivity index (χ1n) is 11.9. The van der Waals surface area contributed by atoms with Crippen LogP contribution in [0, 0.1) is 13.8 Å². The van der Waals surface area contributed by atoms with Crippen LogP contribution in [0.2, 0.25) is 0 Å². The van der Waals surface area contributed by atoms with Gasteiger partial charge in [0.25, 0.3) is 11.8 Å². The van der Waals surface area contributed by atoms with Gasteiger partial charge in [-0.2, -0.15) is 14.8 Å². The lowest BCUT2D eigenvalue weighted by Gasteiger charge is -2.41. The van der Waals surface area contributed by atoms with E-state index in [0.29, 0.717) is 11.7 Å². The number of allylic oxidation sites excluding steroid dienone is 2. The van der Waals surface area contributed by atoms with Gasteiger partial charge in [-0.3, -0.25) is 9.59 Å². The summed E-state index contributed by atoms with van der Waals surface area (Å²) >= 11 is 0. The van der Waals surface area contributed by atoms with Crippen molar-refractivity contribution in [3.05, 3.63) is 71.6 Å². The van der Waals surface area contributed by atoms with Crippen molar-refractivity contribution in [2.45, 2.75) is 39.7 Å². The molecule has 2 aromatic heterocycles. The Morgan fingerprint density at radius 1 is 1.19 bits per heavy atom. The Balaban J connectivity index is 1.61. The van der Waals surface area contributed by atoms with Crippen LogP contribution in [0.1, 0.15) is 41.8 Å². The lowest BCUT2D eigenvalue weighted by molar-refractivity contribution is -0.130. The van der Waals surface area contributed by atoms with Crippen molar-refractivity contribution in [2.75, 3.05) is 11.9 Å². The predicted octanol–water partition coefficient (Wildman–Crippen LogP) is 3.63. The summed E-state index contributed by atoms with van der Waals surface area (Å²) in [5.41, 5.74) is 1.52. The topological polar surface area (TPSA) is 119 Å². The van der Waals surface area contributed by atoms with Gasteiger partial charge in [-0.15, -0.1) is 0 Å². The molecule has 0 radical (unpaired) electrons. The number of fused-ring (bicyclic) bond motifs is 2. The summed E-state index contributed by atoms with van der Waals surface area (Å²) < 4.78 is 6.63. The maximum atomic E-state index is 13.8. The molecule has 1 atom stereocenters. The minimum absolute atomic E-state index is 0.0771. The van der Waals surface area contributed by atoms with E-state index < -0.39 is 23.3 Å². The summed E-state index contributed by atoms with van der Waals surface area (Å²) in [7, 11) is 0.